The number of hydrazine groups is 2. The molecule has 1 aliphatic heterocycles. The van der Waals surface area contributed by atoms with Crippen molar-refractivity contribution in [3.63, 3.8) is 0 Å². The topological polar surface area (TPSA) is 18.5 Å². The Morgan fingerprint density at radius 2 is 2.07 bits per heavy atom. The zero-order valence-electron chi connectivity index (χ0n) is 8.43. The summed E-state index contributed by atoms with van der Waals surface area (Å²) in [6.07, 6.45) is 0. The van der Waals surface area contributed by atoms with E-state index in [0.717, 1.165) is 16.7 Å². The van der Waals surface area contributed by atoms with E-state index in [1.54, 1.807) is 0 Å². The number of hydrogen-bond acceptors (Lipinski definition) is 3. The normalized spacial score (nSPS) is 15.6. The molecular weight excluding hydrogens is 288 g/mol. The van der Waals surface area contributed by atoms with Gasteiger partial charge in [-0.1, -0.05) is 11.5 Å². The van der Waals surface area contributed by atoms with Gasteiger partial charge in [0.2, 0.25) is 0 Å². The Balaban J connectivity index is 2.67. The number of benzene rings is 1. The van der Waals surface area contributed by atoms with Crippen LogP contribution in [0.3, 0.4) is 0 Å². The summed E-state index contributed by atoms with van der Waals surface area (Å²) in [5.41, 5.74) is 7.52. The van der Waals surface area contributed by atoms with Crippen molar-refractivity contribution in [3.05, 3.63) is 15.2 Å². The molecule has 0 amide bonds. The molecule has 0 aliphatic carbocycles. The van der Waals surface area contributed by atoms with Crippen LogP contribution in [0, 0.1) is 10.5 Å². The molecule has 14 heavy (non-hydrogen) atoms. The van der Waals surface area contributed by atoms with Gasteiger partial charge in [-0.3, -0.25) is 10.4 Å². The maximum absolute atomic E-state index is 5.90. The highest BCUT2D eigenvalue weighted by molar-refractivity contribution is 14.1. The smallest absolute Gasteiger partial charge is 0.114 e. The maximum Gasteiger partial charge on any atom is 0.114 e. The van der Waals surface area contributed by atoms with Gasteiger partial charge in [-0.25, -0.2) is 0 Å². The zero-order chi connectivity index (χ0) is 10.5. The molecule has 1 aromatic rings. The van der Waals surface area contributed by atoms with Gasteiger partial charge in [-0.15, -0.1) is 5.12 Å². The van der Waals surface area contributed by atoms with Crippen LogP contribution in [-0.2, 0) is 0 Å². The molecule has 0 fully saturated rings. The van der Waals surface area contributed by atoms with Crippen LogP contribution in [0.15, 0.2) is 6.07 Å². The number of hydrogen-bond donors (Lipinski definition) is 1. The fourth-order valence-electron chi connectivity index (χ4n) is 1.59. The van der Waals surface area contributed by atoms with E-state index in [9.17, 15) is 0 Å². The minimum absolute atomic E-state index is 0.837. The summed E-state index contributed by atoms with van der Waals surface area (Å²) >= 11 is 2.31. The van der Waals surface area contributed by atoms with Gasteiger partial charge in [0.25, 0.3) is 0 Å². The summed E-state index contributed by atoms with van der Waals surface area (Å²) in [5, 5.41) is 4.02. The maximum atomic E-state index is 5.90. The second-order valence-electron chi connectivity index (χ2n) is 3.46. The average Bonchev–Trinajstić information content (AvgIpc) is 2.40. The lowest BCUT2D eigenvalue weighted by molar-refractivity contribution is 0.412. The molecule has 0 spiro atoms. The molecule has 72 valence electrons. The quantitative estimate of drug-likeness (QED) is 0.570. The van der Waals surface area contributed by atoms with E-state index in [1.807, 2.05) is 32.2 Å². The van der Waals surface area contributed by atoms with Crippen LogP contribution in [0.4, 0.5) is 11.4 Å². The van der Waals surface area contributed by atoms with E-state index >= 15 is 0 Å². The van der Waals surface area contributed by atoms with E-state index < -0.39 is 0 Å². The van der Waals surface area contributed by atoms with Crippen LogP contribution in [0.5, 0.6) is 0 Å². The second kappa shape index (κ2) is 3.31. The molecule has 1 aliphatic rings. The molecule has 5 heteroatoms. The predicted octanol–water partition coefficient (Wildman–Crippen LogP) is 1.02. The van der Waals surface area contributed by atoms with E-state index in [0.29, 0.717) is 0 Å². The summed E-state index contributed by atoms with van der Waals surface area (Å²) in [6, 6.07) is 2.01. The van der Waals surface area contributed by atoms with Crippen LogP contribution in [0.1, 0.15) is 5.56 Å². The Bertz CT molecular complexity index is 394. The van der Waals surface area contributed by atoms with Gasteiger partial charge >= 0.3 is 0 Å². The molecule has 2 radical (unpaired) electrons. The van der Waals surface area contributed by atoms with Crippen molar-refractivity contribution >= 4 is 47.3 Å². The molecule has 2 rings (SSSR count). The fraction of sp³-hybridized carbons (Fsp3) is 0.333. The summed E-state index contributed by atoms with van der Waals surface area (Å²) in [6.45, 7) is 2.03. The van der Waals surface area contributed by atoms with E-state index in [1.165, 1.54) is 9.26 Å². The first-order valence-corrected chi connectivity index (χ1v) is 5.43. The van der Waals surface area contributed by atoms with Crippen molar-refractivity contribution in [1.29, 1.82) is 0 Å². The third kappa shape index (κ3) is 1.30. The van der Waals surface area contributed by atoms with Gasteiger partial charge in [0.05, 0.1) is 11.4 Å². The van der Waals surface area contributed by atoms with Gasteiger partial charge < -0.3 is 0 Å². The Morgan fingerprint density at radius 1 is 1.43 bits per heavy atom. The Labute approximate surface area is 98.9 Å². The van der Waals surface area contributed by atoms with Gasteiger partial charge in [-0.2, -0.15) is 0 Å². The van der Waals surface area contributed by atoms with Crippen molar-refractivity contribution in [1.82, 2.24) is 5.12 Å². The van der Waals surface area contributed by atoms with Crippen LogP contribution in [0.25, 0.3) is 0 Å². The highest BCUT2D eigenvalue weighted by Crippen LogP contribution is 2.37. The van der Waals surface area contributed by atoms with E-state index in [-0.39, 0.29) is 0 Å². The molecule has 0 aromatic heterocycles. The van der Waals surface area contributed by atoms with Crippen LogP contribution in [0.2, 0.25) is 0 Å². The van der Waals surface area contributed by atoms with Gasteiger partial charge in [0.1, 0.15) is 7.85 Å². The third-order valence-corrected chi connectivity index (χ3v) is 3.42. The number of nitrogens with one attached hydrogen (secondary N) is 1. The van der Waals surface area contributed by atoms with Crippen LogP contribution < -0.4 is 15.9 Å². The van der Waals surface area contributed by atoms with Gasteiger partial charge in [-0.05, 0) is 35.1 Å². The van der Waals surface area contributed by atoms with Crippen molar-refractivity contribution in [2.45, 2.75) is 6.92 Å². The predicted molar refractivity (Wildman–Crippen MR) is 69.1 cm³/mol. The number of rotatable bonds is 0. The fourth-order valence-corrected chi connectivity index (χ4v) is 2.55. The SMILES string of the molecule is [B]c1cc(I)c2c(c1C)NN(C)N2C. The molecule has 0 saturated heterocycles. The first kappa shape index (κ1) is 10.1. The van der Waals surface area contributed by atoms with Gasteiger partial charge in [0, 0.05) is 17.7 Å². The van der Waals surface area contributed by atoms with Crippen molar-refractivity contribution in [2.24, 2.45) is 0 Å². The largest absolute Gasteiger partial charge is 0.299 e. The number of halogens is 1. The molecular formula is C9H11BIN3. The lowest BCUT2D eigenvalue weighted by Gasteiger charge is -2.20. The number of fused-ring (bicyclic) bond motifs is 1. The molecule has 0 bridgehead atoms. The first-order chi connectivity index (χ1) is 6.52. The summed E-state index contributed by atoms with van der Waals surface area (Å²) in [4.78, 5) is 0. The van der Waals surface area contributed by atoms with Crippen molar-refractivity contribution in [3.8, 4) is 0 Å². The minimum atomic E-state index is 0.837. The molecule has 1 aromatic carbocycles. The second-order valence-corrected chi connectivity index (χ2v) is 4.62. The standard InChI is InChI=1S/C9H11BIN3/c1-5-6(10)4-7(11)9-8(5)12-14(3)13(9)2/h4,12H,1-3H3. The molecule has 0 saturated carbocycles. The van der Waals surface area contributed by atoms with Crippen molar-refractivity contribution < 1.29 is 0 Å². The molecule has 1 N–H and O–H groups in total. The van der Waals surface area contributed by atoms with E-state index in [4.69, 9.17) is 7.85 Å². The van der Waals surface area contributed by atoms with Crippen LogP contribution >= 0.6 is 22.6 Å². The highest BCUT2D eigenvalue weighted by Gasteiger charge is 2.25. The number of nitrogens with zero attached hydrogens (tertiary/aromatic N) is 2. The molecule has 0 unspecified atom stereocenters. The highest BCUT2D eigenvalue weighted by atomic mass is 127. The summed E-state index contributed by atoms with van der Waals surface area (Å²) < 4.78 is 1.17. The van der Waals surface area contributed by atoms with Crippen LogP contribution in [-0.4, -0.2) is 27.1 Å². The Hall–Kier alpha value is -0.425. The third-order valence-electron chi connectivity index (χ3n) is 2.60. The zero-order valence-corrected chi connectivity index (χ0v) is 10.6. The molecule has 3 nitrogen and oxygen atoms in total. The Morgan fingerprint density at radius 3 is 2.71 bits per heavy atom. The number of anilines is 2. The van der Waals surface area contributed by atoms with E-state index in [2.05, 4.69) is 33.0 Å². The van der Waals surface area contributed by atoms with Crippen molar-refractivity contribution in [2.75, 3.05) is 24.5 Å². The monoisotopic (exact) mass is 299 g/mol. The summed E-state index contributed by atoms with van der Waals surface area (Å²) in [5.74, 6) is 0. The summed E-state index contributed by atoms with van der Waals surface area (Å²) in [7, 11) is 9.91. The Kier molecular flexibility index (Phi) is 2.39. The molecule has 0 atom stereocenters. The molecule has 1 heterocycles. The lowest BCUT2D eigenvalue weighted by Crippen LogP contribution is -2.34. The van der Waals surface area contributed by atoms with Gasteiger partial charge in [0.15, 0.2) is 0 Å². The first-order valence-electron chi connectivity index (χ1n) is 4.35. The average molecular weight is 299 g/mol. The minimum Gasteiger partial charge on any atom is -0.299 e. The lowest BCUT2D eigenvalue weighted by atomic mass is 9.90.